The monoisotopic (exact) mass is 397 g/mol. The second-order valence-corrected chi connectivity index (χ2v) is 6.17. The smallest absolute Gasteiger partial charge is 0.307 e. The Morgan fingerprint density at radius 2 is 1.93 bits per heavy atom. The minimum Gasteiger partial charge on any atom is -0.324 e. The van der Waals surface area contributed by atoms with Crippen LogP contribution in [0.25, 0.3) is 0 Å². The summed E-state index contributed by atoms with van der Waals surface area (Å²) in [5.74, 6) is -0.722. The highest BCUT2D eigenvalue weighted by molar-refractivity contribution is 6.03. The number of benzene rings is 1. The van der Waals surface area contributed by atoms with Gasteiger partial charge in [0, 0.05) is 24.1 Å². The van der Waals surface area contributed by atoms with Gasteiger partial charge in [-0.1, -0.05) is 6.07 Å². The fourth-order valence-corrected chi connectivity index (χ4v) is 2.65. The SMILES string of the molecule is CCn1nccc1C(=O)Nc1cccc(NC(=O)C(C)n2cc([N+](=O)[O-])cn2)c1. The minimum atomic E-state index is -0.763. The van der Waals surface area contributed by atoms with Crippen LogP contribution in [0.4, 0.5) is 17.1 Å². The summed E-state index contributed by atoms with van der Waals surface area (Å²) in [6.45, 7) is 4.02. The molecule has 2 N–H and O–H groups in total. The molecule has 3 rings (SSSR count). The molecule has 0 bridgehead atoms. The summed E-state index contributed by atoms with van der Waals surface area (Å²) in [4.78, 5) is 35.1. The van der Waals surface area contributed by atoms with Crippen LogP contribution in [-0.2, 0) is 11.3 Å². The van der Waals surface area contributed by atoms with Crippen LogP contribution in [0, 0.1) is 10.1 Å². The number of aryl methyl sites for hydroxylation is 1. The van der Waals surface area contributed by atoms with Gasteiger partial charge in [0.25, 0.3) is 5.91 Å². The van der Waals surface area contributed by atoms with E-state index in [0.29, 0.717) is 23.6 Å². The van der Waals surface area contributed by atoms with Crippen molar-refractivity contribution in [3.63, 3.8) is 0 Å². The molecule has 150 valence electrons. The zero-order valence-corrected chi connectivity index (χ0v) is 15.8. The van der Waals surface area contributed by atoms with Crippen molar-refractivity contribution in [1.29, 1.82) is 0 Å². The maximum absolute atomic E-state index is 12.5. The quantitative estimate of drug-likeness (QED) is 0.464. The fourth-order valence-electron chi connectivity index (χ4n) is 2.65. The van der Waals surface area contributed by atoms with Gasteiger partial charge in [0.2, 0.25) is 5.91 Å². The molecule has 2 aromatic heterocycles. The predicted molar refractivity (Wildman–Crippen MR) is 105 cm³/mol. The number of anilines is 2. The van der Waals surface area contributed by atoms with Crippen molar-refractivity contribution in [1.82, 2.24) is 19.6 Å². The number of amides is 2. The molecule has 29 heavy (non-hydrogen) atoms. The fraction of sp³-hybridized carbons (Fsp3) is 0.222. The molecule has 11 nitrogen and oxygen atoms in total. The molecule has 0 aliphatic rings. The molecule has 2 heterocycles. The normalized spacial score (nSPS) is 11.7. The summed E-state index contributed by atoms with van der Waals surface area (Å²) in [5, 5.41) is 24.2. The van der Waals surface area contributed by atoms with E-state index < -0.39 is 16.9 Å². The first-order valence-electron chi connectivity index (χ1n) is 8.81. The van der Waals surface area contributed by atoms with Gasteiger partial charge in [-0.3, -0.25) is 29.1 Å². The van der Waals surface area contributed by atoms with Crippen molar-refractivity contribution in [2.24, 2.45) is 0 Å². The van der Waals surface area contributed by atoms with E-state index in [9.17, 15) is 19.7 Å². The Labute approximate surface area is 165 Å². The summed E-state index contributed by atoms with van der Waals surface area (Å²) in [6.07, 6.45) is 3.83. The molecular weight excluding hydrogens is 378 g/mol. The van der Waals surface area contributed by atoms with Crippen LogP contribution >= 0.6 is 0 Å². The molecule has 0 spiro atoms. The molecular formula is C18H19N7O4. The van der Waals surface area contributed by atoms with Gasteiger partial charge in [-0.25, -0.2) is 0 Å². The van der Waals surface area contributed by atoms with E-state index in [1.54, 1.807) is 48.1 Å². The van der Waals surface area contributed by atoms with Crippen molar-refractivity contribution in [2.45, 2.75) is 26.4 Å². The highest BCUT2D eigenvalue weighted by Crippen LogP contribution is 2.19. The van der Waals surface area contributed by atoms with Crippen LogP contribution < -0.4 is 10.6 Å². The number of nitro groups is 1. The van der Waals surface area contributed by atoms with Gasteiger partial charge in [0.1, 0.15) is 24.1 Å². The molecule has 0 saturated carbocycles. The third-order valence-corrected chi connectivity index (χ3v) is 4.21. The first-order chi connectivity index (χ1) is 13.9. The standard InChI is InChI=1S/C18H19N7O4/c1-3-23-16(7-8-19-23)18(27)22-14-6-4-5-13(9-14)21-17(26)12(2)24-11-15(10-20-24)25(28)29/h4-12H,3H2,1-2H3,(H,21,26)(H,22,27). The van der Waals surface area contributed by atoms with Crippen molar-refractivity contribution in [3.8, 4) is 0 Å². The highest BCUT2D eigenvalue weighted by atomic mass is 16.6. The number of rotatable bonds is 7. The molecule has 1 atom stereocenters. The first kappa shape index (κ1) is 19.7. The highest BCUT2D eigenvalue weighted by Gasteiger charge is 2.19. The van der Waals surface area contributed by atoms with Gasteiger partial charge >= 0.3 is 5.69 Å². The van der Waals surface area contributed by atoms with Gasteiger partial charge < -0.3 is 10.6 Å². The molecule has 1 unspecified atom stereocenters. The Morgan fingerprint density at radius 3 is 2.59 bits per heavy atom. The zero-order valence-electron chi connectivity index (χ0n) is 15.8. The van der Waals surface area contributed by atoms with E-state index in [-0.39, 0.29) is 11.6 Å². The summed E-state index contributed by atoms with van der Waals surface area (Å²) in [5.41, 5.74) is 1.20. The van der Waals surface area contributed by atoms with Crippen molar-refractivity contribution < 1.29 is 14.5 Å². The maximum Gasteiger partial charge on any atom is 0.307 e. The van der Waals surface area contributed by atoms with Gasteiger partial charge in [0.15, 0.2) is 0 Å². The second kappa shape index (κ2) is 8.33. The number of aromatic nitrogens is 4. The van der Waals surface area contributed by atoms with Gasteiger partial charge in [-0.05, 0) is 38.1 Å². The Morgan fingerprint density at radius 1 is 1.21 bits per heavy atom. The number of hydrogen-bond acceptors (Lipinski definition) is 6. The largest absolute Gasteiger partial charge is 0.324 e. The average molecular weight is 397 g/mol. The molecule has 11 heteroatoms. The maximum atomic E-state index is 12.5. The third kappa shape index (κ3) is 4.46. The van der Waals surface area contributed by atoms with E-state index in [4.69, 9.17) is 0 Å². The van der Waals surface area contributed by atoms with E-state index in [1.807, 2.05) is 6.92 Å². The predicted octanol–water partition coefficient (Wildman–Crippen LogP) is 2.46. The molecule has 0 saturated heterocycles. The topological polar surface area (TPSA) is 137 Å². The lowest BCUT2D eigenvalue weighted by Crippen LogP contribution is -2.24. The average Bonchev–Trinajstić information content (AvgIpc) is 3.37. The van der Waals surface area contributed by atoms with Gasteiger partial charge in [-0.15, -0.1) is 0 Å². The zero-order chi connectivity index (χ0) is 21.0. The first-order valence-corrected chi connectivity index (χ1v) is 8.81. The number of nitrogens with zero attached hydrogens (tertiary/aromatic N) is 5. The summed E-state index contributed by atoms with van der Waals surface area (Å²) in [6, 6.07) is 7.52. The summed E-state index contributed by atoms with van der Waals surface area (Å²) in [7, 11) is 0. The van der Waals surface area contributed by atoms with E-state index >= 15 is 0 Å². The van der Waals surface area contributed by atoms with Crippen molar-refractivity contribution >= 4 is 28.9 Å². The third-order valence-electron chi connectivity index (χ3n) is 4.21. The van der Waals surface area contributed by atoms with Gasteiger partial charge in [-0.2, -0.15) is 10.2 Å². The number of hydrogen-bond donors (Lipinski definition) is 2. The van der Waals surface area contributed by atoms with Gasteiger partial charge in [0.05, 0.1) is 4.92 Å². The lowest BCUT2D eigenvalue weighted by Gasteiger charge is -2.13. The lowest BCUT2D eigenvalue weighted by atomic mass is 10.2. The van der Waals surface area contributed by atoms with Crippen LogP contribution in [-0.4, -0.2) is 36.3 Å². The van der Waals surface area contributed by atoms with Crippen molar-refractivity contribution in [2.75, 3.05) is 10.6 Å². The molecule has 2 amide bonds. The number of nitrogens with one attached hydrogen (secondary N) is 2. The minimum absolute atomic E-state index is 0.194. The summed E-state index contributed by atoms with van der Waals surface area (Å²) >= 11 is 0. The van der Waals surface area contributed by atoms with E-state index in [1.165, 1.54) is 10.9 Å². The molecule has 0 aliphatic heterocycles. The molecule has 1 aromatic carbocycles. The Bertz CT molecular complexity index is 1060. The Balaban J connectivity index is 1.68. The second-order valence-electron chi connectivity index (χ2n) is 6.17. The Kier molecular flexibility index (Phi) is 5.67. The van der Waals surface area contributed by atoms with Crippen LogP contribution in [0.2, 0.25) is 0 Å². The van der Waals surface area contributed by atoms with Crippen LogP contribution in [0.1, 0.15) is 30.4 Å². The molecule has 0 fully saturated rings. The summed E-state index contributed by atoms with van der Waals surface area (Å²) < 4.78 is 2.79. The number of carbonyl (C=O) groups is 2. The lowest BCUT2D eigenvalue weighted by molar-refractivity contribution is -0.385. The van der Waals surface area contributed by atoms with Crippen molar-refractivity contribution in [3.05, 3.63) is 64.7 Å². The molecule has 0 radical (unpaired) electrons. The number of carbonyl (C=O) groups excluding carboxylic acids is 2. The van der Waals surface area contributed by atoms with Crippen LogP contribution in [0.5, 0.6) is 0 Å². The van der Waals surface area contributed by atoms with E-state index in [2.05, 4.69) is 20.8 Å². The van der Waals surface area contributed by atoms with Crippen LogP contribution in [0.3, 0.4) is 0 Å². The molecule has 3 aromatic rings. The molecule has 0 aliphatic carbocycles. The van der Waals surface area contributed by atoms with E-state index in [0.717, 1.165) is 6.20 Å². The van der Waals surface area contributed by atoms with Crippen LogP contribution in [0.15, 0.2) is 48.9 Å². The Hall–Kier alpha value is -4.02.